The number of oxime groups is 4. The number of nitro benzene ring substituents is 4. The van der Waals surface area contributed by atoms with Crippen LogP contribution < -0.4 is 19.6 Å². The summed E-state index contributed by atoms with van der Waals surface area (Å²) < 4.78 is 16.2. The molecule has 0 radical (unpaired) electrons. The van der Waals surface area contributed by atoms with Crippen LogP contribution in [-0.4, -0.2) is 107 Å². The minimum atomic E-state index is -0.697. The molecule has 0 unspecified atom stereocenters. The van der Waals surface area contributed by atoms with E-state index in [2.05, 4.69) is 51.9 Å². The van der Waals surface area contributed by atoms with Gasteiger partial charge in [0.2, 0.25) is 0 Å². The molecule has 0 amide bonds. The maximum absolute atomic E-state index is 11.6. The zero-order valence-corrected chi connectivity index (χ0v) is 59.6. The SMILES string of the molecule is COc1cc2c(cc1O)/C(=N/Nc1ccc([N+](=O)[O-])cc1[N+](=O)[O-])C[C@@H]1[C@@H]2CC[C@]2(C)/C(=N/O)CC[C@@H]12.COc1cc2c(cc1O)/C(=N/OCc1cccc([N+](=O)[O-])c1)C[C@@H]1[C@@H]2CC[C@]2(C)/C(=N/O)CC[C@@H]12.COc1cc2c(cc1O)/C(=N/OCc1cccc([N+](=O)[O-])c1)C[C@@H]1[C@@H]2CC[C@]2(C)[C@@H](O)CC[C@@H]12. The summed E-state index contributed by atoms with van der Waals surface area (Å²) in [5.74, 6) is 3.84. The van der Waals surface area contributed by atoms with Crippen LogP contribution in [0.25, 0.3) is 0 Å². The Morgan fingerprint density at radius 2 is 0.906 bits per heavy atom. The van der Waals surface area contributed by atoms with E-state index in [4.69, 9.17) is 23.9 Å². The summed E-state index contributed by atoms with van der Waals surface area (Å²) in [4.78, 5) is 53.9. The number of hydrazone groups is 1. The van der Waals surface area contributed by atoms with Crippen molar-refractivity contribution in [3.05, 3.63) is 188 Å². The van der Waals surface area contributed by atoms with Crippen molar-refractivity contribution >= 4 is 57.0 Å². The number of non-ortho nitro benzene ring substituents is 3. The van der Waals surface area contributed by atoms with Crippen LogP contribution in [0, 0.1) is 92.2 Å². The van der Waals surface area contributed by atoms with Gasteiger partial charge in [-0.25, -0.2) is 0 Å². The molecule has 106 heavy (non-hydrogen) atoms. The summed E-state index contributed by atoms with van der Waals surface area (Å²) in [6, 6.07) is 26.6. The van der Waals surface area contributed by atoms with Gasteiger partial charge in [-0.05, 0) is 225 Å². The van der Waals surface area contributed by atoms with E-state index < -0.39 is 31.1 Å². The minimum Gasteiger partial charge on any atom is -0.504 e. The highest BCUT2D eigenvalue weighted by atomic mass is 16.6. The van der Waals surface area contributed by atoms with E-state index in [1.54, 1.807) is 49.6 Å². The number of rotatable bonds is 15. The first-order valence-electron chi connectivity index (χ1n) is 35.8. The summed E-state index contributed by atoms with van der Waals surface area (Å²) in [6.45, 7) is 6.78. The maximum atomic E-state index is 11.6. The number of aromatic hydroxyl groups is 3. The third-order valence-corrected chi connectivity index (χ3v) is 25.2. The monoisotopic (exact) mass is 1450 g/mol. The molecule has 0 aliphatic heterocycles. The Balaban J connectivity index is 0.000000141. The van der Waals surface area contributed by atoms with Crippen molar-refractivity contribution in [2.45, 2.75) is 154 Å². The number of aliphatic hydroxyl groups excluding tert-OH is 1. The standard InChI is InChI=1S/C26H29N3O6.C26H30N2O6.C25H27N5O7/c1-26-9-8-17-18-13-24(34-2)23(30)12-20(18)22(11-19(17)21(26)6-7-25(26)27-31)28-35-14-15-4-3-5-16(10-15)29(32)33;1-26-9-8-17-18-13-24(33-2)23(29)12-20(18)22(11-19(17)21(26)6-7-25(26)30)27-34-14-15-4-3-5-16(10-15)28(31)32;1-25-8-7-14-15-12-23(37-2)22(31)11-17(15)20(10-16(14)18(25)4-6-24(25)28-32)27-26-19-5-3-13(29(33)34)9-21(19)30(35)36/h3-5,10,12-13,17,19,21,30-31H,6-9,11,14H2,1-2H3;3-5,10,12-13,17,19,21,25,29-30H,6-9,11,14H2,1-2H3;3,5,9,11-12,14,16,18,26,31-32H,4,6-8,10H2,1-2H3/b27-25+,28-22+;27-22+;27-20+,28-24+/t17-,19-,21+,26+;17-,19-,21+,25+,26+;14-,16-,18+,25+/m111/s1. The molecule has 6 aromatic rings. The Kier molecular flexibility index (Phi) is 20.4. The second-order valence-electron chi connectivity index (χ2n) is 30.2. The van der Waals surface area contributed by atoms with Gasteiger partial charge in [-0.3, -0.25) is 45.9 Å². The quantitative estimate of drug-likeness (QED) is 0.0285. The van der Waals surface area contributed by atoms with Gasteiger partial charge in [0.25, 0.3) is 17.1 Å². The fourth-order valence-corrected chi connectivity index (χ4v) is 19.8. The van der Waals surface area contributed by atoms with Gasteiger partial charge in [0.1, 0.15) is 18.9 Å². The Hall–Kier alpha value is -11.0. The summed E-state index contributed by atoms with van der Waals surface area (Å²) in [5, 5.41) is 127. The molecule has 6 saturated carbocycles. The fourth-order valence-electron chi connectivity index (χ4n) is 19.8. The maximum Gasteiger partial charge on any atom is 0.301 e. The molecule has 0 saturated heterocycles. The van der Waals surface area contributed by atoms with Crippen LogP contribution in [0.3, 0.4) is 0 Å². The lowest BCUT2D eigenvalue weighted by molar-refractivity contribution is -0.393. The van der Waals surface area contributed by atoms with Gasteiger partial charge in [-0.2, -0.15) is 5.10 Å². The summed E-state index contributed by atoms with van der Waals surface area (Å²) >= 11 is 0. The van der Waals surface area contributed by atoms with Crippen LogP contribution in [-0.2, 0) is 22.9 Å². The molecule has 0 spiro atoms. The van der Waals surface area contributed by atoms with Crippen molar-refractivity contribution in [3.8, 4) is 34.5 Å². The smallest absolute Gasteiger partial charge is 0.301 e. The third kappa shape index (κ3) is 13.5. The van der Waals surface area contributed by atoms with Crippen molar-refractivity contribution in [2.24, 2.45) is 77.5 Å². The number of fused-ring (bicyclic) bond motifs is 15. The first-order chi connectivity index (χ1) is 50.8. The Labute approximate surface area is 609 Å². The highest BCUT2D eigenvalue weighted by Gasteiger charge is 2.58. The number of benzene rings is 6. The molecule has 9 aliphatic rings. The molecule has 6 aromatic carbocycles. The van der Waals surface area contributed by atoms with E-state index in [1.807, 2.05) is 18.2 Å². The number of ether oxygens (including phenoxy) is 3. The molecule has 15 rings (SSSR count). The second-order valence-corrected chi connectivity index (χ2v) is 30.2. The van der Waals surface area contributed by atoms with Crippen molar-refractivity contribution < 1.29 is 74.4 Å². The van der Waals surface area contributed by atoms with Gasteiger partial charge in [0.05, 0.1) is 81.8 Å². The van der Waals surface area contributed by atoms with Crippen molar-refractivity contribution in [2.75, 3.05) is 26.8 Å². The largest absolute Gasteiger partial charge is 0.504 e. The number of nitro groups is 4. The lowest BCUT2D eigenvalue weighted by Gasteiger charge is -2.50. The predicted molar refractivity (Wildman–Crippen MR) is 390 cm³/mol. The highest BCUT2D eigenvalue weighted by Crippen LogP contribution is 2.64. The third-order valence-electron chi connectivity index (χ3n) is 25.2. The minimum absolute atomic E-state index is 0.00528. The van der Waals surface area contributed by atoms with Crippen molar-refractivity contribution in [1.29, 1.82) is 0 Å². The molecule has 9 aliphatic carbocycles. The average Bonchev–Trinajstić information content (AvgIpc) is 1.43. The van der Waals surface area contributed by atoms with Crippen LogP contribution >= 0.6 is 0 Å². The van der Waals surface area contributed by atoms with Crippen LogP contribution in [0.15, 0.2) is 129 Å². The van der Waals surface area contributed by atoms with Crippen LogP contribution in [0.1, 0.15) is 179 Å². The van der Waals surface area contributed by atoms with Crippen LogP contribution in [0.2, 0.25) is 0 Å². The Morgan fingerprint density at radius 3 is 1.33 bits per heavy atom. The van der Waals surface area contributed by atoms with E-state index in [-0.39, 0.29) is 99.5 Å². The van der Waals surface area contributed by atoms with Gasteiger partial charge >= 0.3 is 5.69 Å². The number of phenolic OH excluding ortho intramolecular Hbond substituents is 3. The van der Waals surface area contributed by atoms with Crippen molar-refractivity contribution in [1.82, 2.24) is 0 Å². The average molecular weight is 1460 g/mol. The molecule has 0 aromatic heterocycles. The number of nitrogens with one attached hydrogen (secondary N) is 1. The zero-order valence-electron chi connectivity index (χ0n) is 59.6. The highest BCUT2D eigenvalue weighted by molar-refractivity contribution is 6.06. The fraction of sp³-hybridized carbons (Fsp3) is 0.468. The number of hydrogen-bond acceptors (Lipinski definition) is 25. The number of nitrogens with zero attached hydrogens (tertiary/aromatic N) is 9. The summed E-state index contributed by atoms with van der Waals surface area (Å²) in [5.41, 5.74) is 12.2. The molecule has 29 heteroatoms. The van der Waals surface area contributed by atoms with Gasteiger partial charge in [0, 0.05) is 57.9 Å². The van der Waals surface area contributed by atoms with Crippen LogP contribution in [0.4, 0.5) is 28.4 Å². The second kappa shape index (κ2) is 29.5. The van der Waals surface area contributed by atoms with E-state index >= 15 is 0 Å². The molecule has 0 heterocycles. The van der Waals surface area contributed by atoms with Gasteiger partial charge in [0.15, 0.2) is 34.5 Å². The van der Waals surface area contributed by atoms with Gasteiger partial charge in [-0.15, -0.1) is 0 Å². The number of anilines is 1. The molecule has 558 valence electrons. The number of phenols is 3. The number of methoxy groups -OCH3 is 3. The molecule has 0 bridgehead atoms. The molecular weight excluding hydrogens is 1370 g/mol. The number of hydrogen-bond donors (Lipinski definition) is 7. The van der Waals surface area contributed by atoms with E-state index in [9.17, 15) is 71.3 Å². The Morgan fingerprint density at radius 1 is 0.491 bits per heavy atom. The lowest BCUT2D eigenvalue weighted by atomic mass is 9.55. The van der Waals surface area contributed by atoms with Crippen LogP contribution in [0.5, 0.6) is 34.5 Å². The van der Waals surface area contributed by atoms with E-state index in [0.717, 1.165) is 139 Å². The predicted octanol–water partition coefficient (Wildman–Crippen LogP) is 15.5. The number of aliphatic hydroxyl groups is 1. The Bertz CT molecular complexity index is 4640. The molecule has 29 nitrogen and oxygen atoms in total. The van der Waals surface area contributed by atoms with E-state index in [1.165, 1.54) is 50.6 Å². The first kappa shape index (κ1) is 73.3. The van der Waals surface area contributed by atoms with Crippen molar-refractivity contribution in [3.63, 3.8) is 0 Å². The zero-order chi connectivity index (χ0) is 75.3. The lowest BCUT2D eigenvalue weighted by Crippen LogP contribution is -2.45. The summed E-state index contributed by atoms with van der Waals surface area (Å²) in [7, 11) is 4.58. The van der Waals surface area contributed by atoms with Gasteiger partial charge < -0.3 is 54.7 Å². The molecule has 6 fully saturated rings. The first-order valence-corrected chi connectivity index (χ1v) is 35.8. The normalized spacial score (nSPS) is 29.5. The molecular formula is C77H86N10O19. The van der Waals surface area contributed by atoms with E-state index in [0.29, 0.717) is 77.0 Å². The molecule has 13 atom stereocenters. The molecule has 7 N–H and O–H groups in total. The topological polar surface area (TPSA) is 414 Å². The summed E-state index contributed by atoms with van der Waals surface area (Å²) in [6.07, 6.45) is 12.4. The van der Waals surface area contributed by atoms with Gasteiger partial charge in [-0.1, -0.05) is 65.7 Å².